The molecule has 2 aromatic heterocycles. The number of hydrogen-bond acceptors (Lipinski definition) is 0. The zero-order chi connectivity index (χ0) is 13.0. The van der Waals surface area contributed by atoms with Crippen molar-refractivity contribution >= 4 is 32.8 Å². The SMILES string of the molecule is Cc1ccc2c(c1)cc1[nH]c3ccccc3c1[n+]2C.[Cl-]. The predicted octanol–water partition coefficient (Wildman–Crippen LogP) is 0.611. The normalized spacial score (nSPS) is 11.1. The maximum Gasteiger partial charge on any atom is 0.238 e. The minimum Gasteiger partial charge on any atom is -1.00 e. The lowest BCUT2D eigenvalue weighted by Crippen LogP contribution is -3.00. The van der Waals surface area contributed by atoms with Crippen LogP contribution in [-0.4, -0.2) is 4.98 Å². The van der Waals surface area contributed by atoms with Crippen LogP contribution in [0, 0.1) is 6.92 Å². The predicted molar refractivity (Wildman–Crippen MR) is 79.2 cm³/mol. The van der Waals surface area contributed by atoms with Crippen LogP contribution in [0.3, 0.4) is 0 Å². The standard InChI is InChI=1S/C17H14N2.ClH/c1-11-7-8-16-12(9-11)10-15-17(19(16)2)13-5-3-4-6-14(13)18-15;/h3-10H,1-2H3;1H. The smallest absolute Gasteiger partial charge is 0.238 e. The lowest BCUT2D eigenvalue weighted by molar-refractivity contribution is -0.616. The Morgan fingerprint density at radius 3 is 2.60 bits per heavy atom. The van der Waals surface area contributed by atoms with Gasteiger partial charge in [-0.1, -0.05) is 23.8 Å². The molecular weight excluding hydrogens is 268 g/mol. The second kappa shape index (κ2) is 4.50. The first-order valence-corrected chi connectivity index (χ1v) is 6.54. The summed E-state index contributed by atoms with van der Waals surface area (Å²) in [5, 5.41) is 2.56. The van der Waals surface area contributed by atoms with E-state index in [2.05, 4.69) is 72.1 Å². The van der Waals surface area contributed by atoms with Crippen molar-refractivity contribution in [1.29, 1.82) is 0 Å². The van der Waals surface area contributed by atoms with Crippen LogP contribution >= 0.6 is 0 Å². The summed E-state index contributed by atoms with van der Waals surface area (Å²) < 4.78 is 2.28. The van der Waals surface area contributed by atoms with Crippen LogP contribution < -0.4 is 17.0 Å². The van der Waals surface area contributed by atoms with Gasteiger partial charge in [0.25, 0.3) is 0 Å². The summed E-state index contributed by atoms with van der Waals surface area (Å²) in [7, 11) is 2.14. The number of pyridine rings is 1. The Kier molecular flexibility index (Phi) is 2.91. The largest absolute Gasteiger partial charge is 1.00 e. The van der Waals surface area contributed by atoms with E-state index in [4.69, 9.17) is 0 Å². The Bertz CT molecular complexity index is 938. The number of aromatic nitrogens is 2. The van der Waals surface area contributed by atoms with Gasteiger partial charge in [0.2, 0.25) is 11.0 Å². The summed E-state index contributed by atoms with van der Waals surface area (Å²) in [6.45, 7) is 2.13. The van der Waals surface area contributed by atoms with Crippen LogP contribution in [0.5, 0.6) is 0 Å². The quantitative estimate of drug-likeness (QED) is 0.456. The minimum atomic E-state index is 0. The highest BCUT2D eigenvalue weighted by Crippen LogP contribution is 2.25. The molecule has 0 unspecified atom stereocenters. The van der Waals surface area contributed by atoms with Gasteiger partial charge < -0.3 is 17.4 Å². The molecule has 0 aliphatic heterocycles. The van der Waals surface area contributed by atoms with E-state index in [0.29, 0.717) is 0 Å². The Morgan fingerprint density at radius 1 is 0.950 bits per heavy atom. The lowest BCUT2D eigenvalue weighted by Gasteiger charge is -2.00. The number of halogens is 1. The van der Waals surface area contributed by atoms with E-state index in [1.807, 2.05) is 0 Å². The number of aryl methyl sites for hydroxylation is 2. The highest BCUT2D eigenvalue weighted by Gasteiger charge is 2.16. The van der Waals surface area contributed by atoms with Crippen molar-refractivity contribution < 1.29 is 17.0 Å². The second-order valence-corrected chi connectivity index (χ2v) is 5.20. The van der Waals surface area contributed by atoms with Gasteiger partial charge in [0, 0.05) is 11.5 Å². The third-order valence-corrected chi connectivity index (χ3v) is 3.89. The number of rotatable bonds is 0. The maximum absolute atomic E-state index is 3.51. The van der Waals surface area contributed by atoms with Gasteiger partial charge in [0.15, 0.2) is 0 Å². The van der Waals surface area contributed by atoms with E-state index < -0.39 is 0 Å². The molecule has 0 aliphatic carbocycles. The molecule has 100 valence electrons. The zero-order valence-corrected chi connectivity index (χ0v) is 12.2. The van der Waals surface area contributed by atoms with E-state index >= 15 is 0 Å². The molecule has 3 heteroatoms. The number of para-hydroxylation sites is 1. The Balaban J connectivity index is 0.00000121. The highest BCUT2D eigenvalue weighted by molar-refractivity contribution is 6.05. The molecule has 0 spiro atoms. The molecule has 4 rings (SSSR count). The first-order valence-electron chi connectivity index (χ1n) is 6.54. The van der Waals surface area contributed by atoms with Crippen LogP contribution in [0.2, 0.25) is 0 Å². The van der Waals surface area contributed by atoms with Crippen molar-refractivity contribution in [3.8, 4) is 0 Å². The summed E-state index contributed by atoms with van der Waals surface area (Å²) in [5.74, 6) is 0. The number of aromatic amines is 1. The molecule has 2 nitrogen and oxygen atoms in total. The van der Waals surface area contributed by atoms with E-state index in [9.17, 15) is 0 Å². The summed E-state index contributed by atoms with van der Waals surface area (Å²) >= 11 is 0. The van der Waals surface area contributed by atoms with Crippen molar-refractivity contribution in [2.45, 2.75) is 6.92 Å². The highest BCUT2D eigenvalue weighted by atomic mass is 35.5. The maximum atomic E-state index is 3.51. The van der Waals surface area contributed by atoms with Crippen LogP contribution in [-0.2, 0) is 7.05 Å². The number of nitrogens with zero attached hydrogens (tertiary/aromatic N) is 1. The van der Waals surface area contributed by atoms with Crippen molar-refractivity contribution in [2.24, 2.45) is 7.05 Å². The van der Waals surface area contributed by atoms with E-state index in [0.717, 1.165) is 0 Å². The molecule has 0 saturated heterocycles. The van der Waals surface area contributed by atoms with Crippen molar-refractivity contribution in [2.75, 3.05) is 0 Å². The molecule has 20 heavy (non-hydrogen) atoms. The molecule has 2 aromatic carbocycles. The number of H-pyrrole nitrogens is 1. The van der Waals surface area contributed by atoms with E-state index in [1.54, 1.807) is 0 Å². The second-order valence-electron chi connectivity index (χ2n) is 5.20. The number of hydrogen-bond donors (Lipinski definition) is 1. The van der Waals surface area contributed by atoms with Gasteiger partial charge in [0.05, 0.1) is 10.9 Å². The fraction of sp³-hybridized carbons (Fsp3) is 0.118. The molecule has 0 amide bonds. The average Bonchev–Trinajstić information content (AvgIpc) is 2.76. The van der Waals surface area contributed by atoms with Gasteiger partial charge in [-0.3, -0.25) is 0 Å². The zero-order valence-electron chi connectivity index (χ0n) is 11.4. The van der Waals surface area contributed by atoms with Gasteiger partial charge in [-0.2, -0.15) is 4.57 Å². The van der Waals surface area contributed by atoms with Crippen molar-refractivity contribution in [3.05, 3.63) is 54.1 Å². The minimum absolute atomic E-state index is 0. The summed E-state index contributed by atoms with van der Waals surface area (Å²) in [6, 6.07) is 17.3. The van der Waals surface area contributed by atoms with Gasteiger partial charge >= 0.3 is 0 Å². The van der Waals surface area contributed by atoms with Gasteiger partial charge in [-0.15, -0.1) is 0 Å². The molecule has 0 fully saturated rings. The number of fused-ring (bicyclic) bond motifs is 4. The molecule has 0 saturated carbocycles. The van der Waals surface area contributed by atoms with Crippen molar-refractivity contribution in [3.63, 3.8) is 0 Å². The van der Waals surface area contributed by atoms with Gasteiger partial charge in [-0.05, 0) is 31.2 Å². The Morgan fingerprint density at radius 2 is 1.75 bits per heavy atom. The molecule has 0 radical (unpaired) electrons. The molecule has 0 aliphatic rings. The number of nitrogens with one attached hydrogen (secondary N) is 1. The van der Waals surface area contributed by atoms with Crippen molar-refractivity contribution in [1.82, 2.24) is 4.98 Å². The molecule has 1 N–H and O–H groups in total. The lowest BCUT2D eigenvalue weighted by atomic mass is 10.1. The topological polar surface area (TPSA) is 19.7 Å². The summed E-state index contributed by atoms with van der Waals surface area (Å²) in [5.41, 5.74) is 6.22. The van der Waals surface area contributed by atoms with Crippen LogP contribution in [0.15, 0.2) is 48.5 Å². The molecule has 2 heterocycles. The monoisotopic (exact) mass is 282 g/mol. The van der Waals surface area contributed by atoms with Gasteiger partial charge in [-0.25, -0.2) is 0 Å². The first-order chi connectivity index (χ1) is 9.24. The third-order valence-electron chi connectivity index (χ3n) is 3.89. The average molecular weight is 283 g/mol. The molecule has 4 aromatic rings. The van der Waals surface area contributed by atoms with E-state index in [-0.39, 0.29) is 12.4 Å². The van der Waals surface area contributed by atoms with Crippen LogP contribution in [0.1, 0.15) is 5.56 Å². The number of benzene rings is 2. The first kappa shape index (κ1) is 12.9. The van der Waals surface area contributed by atoms with Crippen LogP contribution in [0.4, 0.5) is 0 Å². The molecule has 0 atom stereocenters. The Labute approximate surface area is 123 Å². The fourth-order valence-corrected chi connectivity index (χ4v) is 2.98. The van der Waals surface area contributed by atoms with E-state index in [1.165, 1.54) is 38.4 Å². The molecule has 0 bridgehead atoms. The molecular formula is C17H15ClN2. The summed E-state index contributed by atoms with van der Waals surface area (Å²) in [6.07, 6.45) is 0. The van der Waals surface area contributed by atoms with Crippen LogP contribution in [0.25, 0.3) is 32.8 Å². The summed E-state index contributed by atoms with van der Waals surface area (Å²) in [4.78, 5) is 3.51. The Hall–Kier alpha value is -2.06. The van der Waals surface area contributed by atoms with Gasteiger partial charge in [0.1, 0.15) is 12.6 Å². The fourth-order valence-electron chi connectivity index (χ4n) is 2.98. The third kappa shape index (κ3) is 1.69.